The molecule has 0 radical (unpaired) electrons. The van der Waals surface area contributed by atoms with Crippen LogP contribution in [0.5, 0.6) is 5.75 Å². The van der Waals surface area contributed by atoms with E-state index >= 15 is 0 Å². The van der Waals surface area contributed by atoms with Gasteiger partial charge in [-0.3, -0.25) is 4.79 Å². The van der Waals surface area contributed by atoms with Gasteiger partial charge in [0, 0.05) is 49.8 Å². The van der Waals surface area contributed by atoms with E-state index in [4.69, 9.17) is 22.1 Å². The molecule has 0 spiro atoms. The zero-order valence-corrected chi connectivity index (χ0v) is 19.5. The van der Waals surface area contributed by atoms with E-state index in [0.29, 0.717) is 53.0 Å². The summed E-state index contributed by atoms with van der Waals surface area (Å²) in [5.74, 6) is 1.41. The minimum absolute atomic E-state index is 0.00557. The average molecular weight is 482 g/mol. The van der Waals surface area contributed by atoms with Crippen molar-refractivity contribution in [2.24, 2.45) is 0 Å². The van der Waals surface area contributed by atoms with Crippen LogP contribution in [-0.4, -0.2) is 73.3 Å². The zero-order chi connectivity index (χ0) is 23.8. The van der Waals surface area contributed by atoms with Gasteiger partial charge in [0.2, 0.25) is 5.91 Å². The average Bonchev–Trinajstić information content (AvgIpc) is 3.48. The first-order valence-electron chi connectivity index (χ1n) is 10.8. The number of amides is 1. The number of nitrogens with one attached hydrogen (secondary N) is 1. The first-order chi connectivity index (χ1) is 16.5. The number of H-pyrrole nitrogens is 1. The number of fused-ring (bicyclic) bond motifs is 1. The number of nitrogen functional groups attached to an aromatic ring is 1. The van der Waals surface area contributed by atoms with Crippen LogP contribution in [0.2, 0.25) is 5.02 Å². The number of aromatic nitrogens is 6. The Morgan fingerprint density at radius 2 is 2.15 bits per heavy atom. The van der Waals surface area contributed by atoms with Gasteiger partial charge >= 0.3 is 0 Å². The molecule has 4 heterocycles. The van der Waals surface area contributed by atoms with Gasteiger partial charge in [-0.15, -0.1) is 0 Å². The van der Waals surface area contributed by atoms with Crippen LogP contribution in [0.15, 0.2) is 36.9 Å². The predicted octanol–water partition coefficient (Wildman–Crippen LogP) is 2.20. The number of hydrogen-bond acceptors (Lipinski definition) is 8. The maximum atomic E-state index is 13.3. The van der Waals surface area contributed by atoms with Crippen LogP contribution < -0.4 is 15.4 Å². The lowest BCUT2D eigenvalue weighted by Crippen LogP contribution is -2.54. The lowest BCUT2D eigenvalue weighted by molar-refractivity contribution is -0.134. The SMILES string of the molecule is COc1cc(N2CCN(C(=O)Cn3nc(-c4ncc[nH]4)c4c(N)ncnc43)[C@@H](C)C2)ccc1Cl. The number of halogens is 1. The Bertz CT molecular complexity index is 1340. The monoisotopic (exact) mass is 481 g/mol. The Labute approximate surface area is 200 Å². The highest BCUT2D eigenvalue weighted by Crippen LogP contribution is 2.31. The maximum absolute atomic E-state index is 13.3. The summed E-state index contributed by atoms with van der Waals surface area (Å²) in [7, 11) is 1.60. The molecule has 1 fully saturated rings. The minimum Gasteiger partial charge on any atom is -0.495 e. The number of carbonyl (C=O) groups is 1. The van der Waals surface area contributed by atoms with Gasteiger partial charge in [0.05, 0.1) is 17.5 Å². The number of carbonyl (C=O) groups excluding carboxylic acids is 1. The molecule has 5 rings (SSSR count). The molecular weight excluding hydrogens is 458 g/mol. The highest BCUT2D eigenvalue weighted by molar-refractivity contribution is 6.32. The Morgan fingerprint density at radius 1 is 1.29 bits per heavy atom. The number of anilines is 2. The van der Waals surface area contributed by atoms with Crippen molar-refractivity contribution >= 4 is 40.0 Å². The van der Waals surface area contributed by atoms with Crippen molar-refractivity contribution in [2.75, 3.05) is 37.4 Å². The van der Waals surface area contributed by atoms with Crippen LogP contribution in [0.3, 0.4) is 0 Å². The molecule has 3 aromatic heterocycles. The number of rotatable bonds is 5. The first kappa shape index (κ1) is 22.0. The van der Waals surface area contributed by atoms with Crippen molar-refractivity contribution < 1.29 is 9.53 Å². The van der Waals surface area contributed by atoms with Crippen LogP contribution in [0.1, 0.15) is 6.92 Å². The van der Waals surface area contributed by atoms with Crippen LogP contribution in [0.25, 0.3) is 22.6 Å². The number of aromatic amines is 1. The van der Waals surface area contributed by atoms with E-state index in [0.717, 1.165) is 5.69 Å². The summed E-state index contributed by atoms with van der Waals surface area (Å²) >= 11 is 6.16. The number of imidazole rings is 1. The van der Waals surface area contributed by atoms with Crippen LogP contribution in [-0.2, 0) is 11.3 Å². The van der Waals surface area contributed by atoms with E-state index < -0.39 is 0 Å². The van der Waals surface area contributed by atoms with Gasteiger partial charge in [0.15, 0.2) is 11.5 Å². The fourth-order valence-corrected chi connectivity index (χ4v) is 4.52. The molecule has 176 valence electrons. The number of piperazine rings is 1. The fraction of sp³-hybridized carbons (Fsp3) is 0.318. The Hall–Kier alpha value is -3.86. The lowest BCUT2D eigenvalue weighted by atomic mass is 10.1. The molecule has 0 unspecified atom stereocenters. The van der Waals surface area contributed by atoms with Gasteiger partial charge in [-0.25, -0.2) is 19.6 Å². The predicted molar refractivity (Wildman–Crippen MR) is 129 cm³/mol. The molecule has 34 heavy (non-hydrogen) atoms. The van der Waals surface area contributed by atoms with Crippen LogP contribution in [0, 0.1) is 0 Å². The summed E-state index contributed by atoms with van der Waals surface area (Å²) in [6.07, 6.45) is 4.69. The number of nitrogens with two attached hydrogens (primary N) is 1. The number of ether oxygens (including phenoxy) is 1. The molecule has 11 nitrogen and oxygen atoms in total. The third-order valence-corrected chi connectivity index (χ3v) is 6.33. The first-order valence-corrected chi connectivity index (χ1v) is 11.2. The smallest absolute Gasteiger partial charge is 0.244 e. The molecule has 12 heteroatoms. The van der Waals surface area contributed by atoms with E-state index in [-0.39, 0.29) is 24.3 Å². The maximum Gasteiger partial charge on any atom is 0.244 e. The fourth-order valence-electron chi connectivity index (χ4n) is 4.33. The Balaban J connectivity index is 1.35. The summed E-state index contributed by atoms with van der Waals surface area (Å²) in [6, 6.07) is 5.70. The van der Waals surface area contributed by atoms with Crippen molar-refractivity contribution in [3.05, 3.63) is 41.9 Å². The summed E-state index contributed by atoms with van der Waals surface area (Å²) in [5, 5.41) is 5.74. The van der Waals surface area contributed by atoms with Crippen molar-refractivity contribution in [3.8, 4) is 17.3 Å². The van der Waals surface area contributed by atoms with Crippen molar-refractivity contribution in [2.45, 2.75) is 19.5 Å². The quantitative estimate of drug-likeness (QED) is 0.443. The van der Waals surface area contributed by atoms with Gasteiger partial charge < -0.3 is 25.3 Å². The van der Waals surface area contributed by atoms with E-state index in [1.54, 1.807) is 24.2 Å². The van der Waals surface area contributed by atoms with Crippen molar-refractivity contribution in [1.82, 2.24) is 34.6 Å². The molecule has 1 amide bonds. The van der Waals surface area contributed by atoms with Gasteiger partial charge in [-0.1, -0.05) is 11.6 Å². The summed E-state index contributed by atoms with van der Waals surface area (Å²) in [4.78, 5) is 33.1. The number of nitrogens with zero attached hydrogens (tertiary/aromatic N) is 7. The molecule has 4 aromatic rings. The van der Waals surface area contributed by atoms with Crippen LogP contribution in [0.4, 0.5) is 11.5 Å². The second-order valence-corrected chi connectivity index (χ2v) is 8.51. The molecule has 1 saturated heterocycles. The van der Waals surface area contributed by atoms with Crippen molar-refractivity contribution in [1.29, 1.82) is 0 Å². The molecule has 0 bridgehead atoms. The molecule has 1 atom stereocenters. The Kier molecular flexibility index (Phi) is 5.70. The molecular formula is C22H24ClN9O2. The second kappa shape index (κ2) is 8.82. The Morgan fingerprint density at radius 3 is 2.88 bits per heavy atom. The molecule has 1 aliphatic heterocycles. The third-order valence-electron chi connectivity index (χ3n) is 6.01. The van der Waals surface area contributed by atoms with Crippen molar-refractivity contribution in [3.63, 3.8) is 0 Å². The number of benzene rings is 1. The second-order valence-electron chi connectivity index (χ2n) is 8.10. The van der Waals surface area contributed by atoms with Crippen LogP contribution >= 0.6 is 11.6 Å². The summed E-state index contributed by atoms with van der Waals surface area (Å²) in [6.45, 7) is 4.02. The van der Waals surface area contributed by atoms with Gasteiger partial charge in [0.1, 0.15) is 30.1 Å². The van der Waals surface area contributed by atoms with Gasteiger partial charge in [-0.05, 0) is 19.1 Å². The summed E-state index contributed by atoms with van der Waals surface area (Å²) < 4.78 is 6.91. The van der Waals surface area contributed by atoms with E-state index in [1.165, 1.54) is 6.33 Å². The van der Waals surface area contributed by atoms with E-state index in [2.05, 4.69) is 29.9 Å². The van der Waals surface area contributed by atoms with E-state index in [9.17, 15) is 4.79 Å². The third kappa shape index (κ3) is 3.87. The highest BCUT2D eigenvalue weighted by Gasteiger charge is 2.29. The van der Waals surface area contributed by atoms with Gasteiger partial charge in [-0.2, -0.15) is 5.10 Å². The molecule has 0 saturated carbocycles. The van der Waals surface area contributed by atoms with E-state index in [1.807, 2.05) is 30.0 Å². The largest absolute Gasteiger partial charge is 0.495 e. The number of hydrogen-bond donors (Lipinski definition) is 2. The number of methoxy groups -OCH3 is 1. The standard InChI is InChI=1S/C22H24ClN9O2/c1-13-10-30(14-3-4-15(23)16(9-14)34-2)7-8-31(13)17(33)11-32-22-18(20(24)27-12-28-22)19(29-32)21-25-5-6-26-21/h3-6,9,12-13H,7-8,10-11H2,1-2H3,(H,25,26)(H2,24,27,28)/t13-/m0/s1. The summed E-state index contributed by atoms with van der Waals surface area (Å²) in [5.41, 5.74) is 8.12. The minimum atomic E-state index is -0.0478. The molecule has 1 aliphatic rings. The lowest BCUT2D eigenvalue weighted by Gasteiger charge is -2.41. The topological polar surface area (TPSA) is 131 Å². The molecule has 3 N–H and O–H groups in total. The highest BCUT2D eigenvalue weighted by atomic mass is 35.5. The zero-order valence-electron chi connectivity index (χ0n) is 18.8. The molecule has 0 aliphatic carbocycles. The molecule has 1 aromatic carbocycles. The van der Waals surface area contributed by atoms with Gasteiger partial charge in [0.25, 0.3) is 0 Å². The normalized spacial score (nSPS) is 16.3.